The number of hydrogen-bond donors (Lipinski definition) is 6. The molecule has 0 fully saturated rings. The molecule has 2 aromatic carbocycles. The van der Waals surface area contributed by atoms with Crippen LogP contribution in [0.1, 0.15) is 24.0 Å². The Morgan fingerprint density at radius 2 is 1.08 bits per heavy atom. The first kappa shape index (κ1) is 35.7. The number of phenolic OH excluding ortho intramolecular Hbond substituents is 2. The van der Waals surface area contributed by atoms with E-state index in [9.17, 15) is 29.4 Å². The SMILES string of the molecule is CO[Si](O)(O)CCCN=Cc1ccc(Cl)cc1O.CO[Si](O)(O)CCCN=Cc1ccc(Cl)cc1O.[Co]. The number of benzene rings is 2. The van der Waals surface area contributed by atoms with Gasteiger partial charge in [0.2, 0.25) is 0 Å². The smallest absolute Gasteiger partial charge is 0.495 e. The molecule has 0 bridgehead atoms. The van der Waals surface area contributed by atoms with E-state index >= 15 is 0 Å². The molecule has 0 unspecified atom stereocenters. The van der Waals surface area contributed by atoms with E-state index in [0.29, 0.717) is 47.1 Å². The van der Waals surface area contributed by atoms with E-state index in [2.05, 4.69) is 18.8 Å². The largest absolute Gasteiger partial charge is 0.507 e. The van der Waals surface area contributed by atoms with Crippen LogP contribution in [0.5, 0.6) is 11.5 Å². The van der Waals surface area contributed by atoms with Crippen molar-refractivity contribution in [1.82, 2.24) is 0 Å². The molecule has 0 aliphatic carbocycles. The summed E-state index contributed by atoms with van der Waals surface area (Å²) in [4.78, 5) is 45.3. The minimum absolute atomic E-state index is 0. The first-order valence-corrected chi connectivity index (χ1v) is 15.6. The maximum Gasteiger partial charge on any atom is 0.495 e. The Bertz CT molecular complexity index is 937. The van der Waals surface area contributed by atoms with Crippen molar-refractivity contribution in [1.29, 1.82) is 0 Å². The van der Waals surface area contributed by atoms with Gasteiger partial charge < -0.3 is 38.2 Å². The zero-order valence-electron chi connectivity index (χ0n) is 20.3. The van der Waals surface area contributed by atoms with E-state index in [1.54, 1.807) is 24.3 Å². The number of hydrogen-bond acceptors (Lipinski definition) is 10. The summed E-state index contributed by atoms with van der Waals surface area (Å²) >= 11 is 11.4. The minimum Gasteiger partial charge on any atom is -0.507 e. The van der Waals surface area contributed by atoms with E-state index in [4.69, 9.17) is 23.2 Å². The molecule has 0 amide bonds. The van der Waals surface area contributed by atoms with Crippen molar-refractivity contribution in [2.75, 3.05) is 27.3 Å². The van der Waals surface area contributed by atoms with Crippen molar-refractivity contribution in [3.05, 3.63) is 57.6 Å². The Hall–Kier alpha value is -1.34. The van der Waals surface area contributed by atoms with Gasteiger partial charge in [-0.05, 0) is 49.2 Å². The number of aromatic hydroxyl groups is 2. The fourth-order valence-electron chi connectivity index (χ4n) is 2.58. The third-order valence-electron chi connectivity index (χ3n) is 4.68. The van der Waals surface area contributed by atoms with Gasteiger partial charge in [0, 0.05) is 89.8 Å². The van der Waals surface area contributed by atoms with E-state index in [-0.39, 0.29) is 40.4 Å². The molecule has 209 valence electrons. The molecule has 0 saturated carbocycles. The Morgan fingerprint density at radius 1 is 0.730 bits per heavy atom. The Morgan fingerprint density at radius 3 is 1.38 bits per heavy atom. The molecule has 0 spiro atoms. The Kier molecular flexibility index (Phi) is 17.4. The molecule has 2 rings (SSSR count). The Balaban J connectivity index is 0.000000682. The molecule has 6 N–H and O–H groups in total. The zero-order chi connectivity index (χ0) is 27.2. The van der Waals surface area contributed by atoms with Crippen molar-refractivity contribution in [3.8, 4) is 11.5 Å². The number of aliphatic imine (C=N–C) groups is 2. The molecule has 10 nitrogen and oxygen atoms in total. The second-order valence-electron chi connectivity index (χ2n) is 7.58. The fraction of sp³-hybridized carbons (Fsp3) is 0.364. The van der Waals surface area contributed by atoms with Crippen LogP contribution >= 0.6 is 23.2 Å². The third-order valence-corrected chi connectivity index (χ3v) is 8.47. The van der Waals surface area contributed by atoms with Gasteiger partial charge in [-0.3, -0.25) is 9.98 Å². The van der Waals surface area contributed by atoms with Gasteiger partial charge in [0.25, 0.3) is 0 Å². The topological polar surface area (TPSA) is 165 Å². The number of nitrogens with zero attached hydrogens (tertiary/aromatic N) is 2. The van der Waals surface area contributed by atoms with Crippen LogP contribution in [0.3, 0.4) is 0 Å². The van der Waals surface area contributed by atoms with Crippen molar-refractivity contribution >= 4 is 53.2 Å². The maximum atomic E-state index is 9.55. The second kappa shape index (κ2) is 18.0. The molecule has 0 aliphatic rings. The second-order valence-corrected chi connectivity index (χ2v) is 13.2. The summed E-state index contributed by atoms with van der Waals surface area (Å²) < 4.78 is 9.16. The molecule has 15 heteroatoms. The summed E-state index contributed by atoms with van der Waals surface area (Å²) in [6.07, 6.45) is 4.07. The van der Waals surface area contributed by atoms with E-state index < -0.39 is 17.6 Å². The predicted molar refractivity (Wildman–Crippen MR) is 144 cm³/mol. The van der Waals surface area contributed by atoms with Crippen LogP contribution in [0.15, 0.2) is 46.4 Å². The zero-order valence-corrected chi connectivity index (χ0v) is 24.9. The van der Waals surface area contributed by atoms with E-state index in [1.807, 2.05) is 0 Å². The minimum atomic E-state index is -3.47. The molecular formula is C22H32Cl2CoN2O8Si2. The van der Waals surface area contributed by atoms with Crippen LogP contribution < -0.4 is 0 Å². The molecular weight excluding hydrogens is 606 g/mol. The van der Waals surface area contributed by atoms with Crippen molar-refractivity contribution < 1.29 is 55.0 Å². The number of halogens is 2. The summed E-state index contributed by atoms with van der Waals surface area (Å²) in [7, 11) is -4.37. The van der Waals surface area contributed by atoms with Crippen molar-refractivity contribution in [2.24, 2.45) is 9.98 Å². The molecule has 0 heterocycles. The molecule has 0 atom stereocenters. The van der Waals surface area contributed by atoms with E-state index in [1.165, 1.54) is 38.8 Å². The molecule has 0 aromatic heterocycles. The summed E-state index contributed by atoms with van der Waals surface area (Å²) in [6.45, 7) is 0.864. The molecule has 0 saturated heterocycles. The van der Waals surface area contributed by atoms with Crippen LogP contribution in [0.2, 0.25) is 22.1 Å². The van der Waals surface area contributed by atoms with Crippen LogP contribution in [0.25, 0.3) is 0 Å². The predicted octanol–water partition coefficient (Wildman–Crippen LogP) is 2.85. The van der Waals surface area contributed by atoms with Gasteiger partial charge in [0.05, 0.1) is 0 Å². The van der Waals surface area contributed by atoms with Gasteiger partial charge in [0.15, 0.2) is 0 Å². The van der Waals surface area contributed by atoms with Gasteiger partial charge in [-0.2, -0.15) is 0 Å². The first-order valence-electron chi connectivity index (χ1n) is 10.9. The van der Waals surface area contributed by atoms with Crippen LogP contribution in [0.4, 0.5) is 0 Å². The maximum absolute atomic E-state index is 9.55. The van der Waals surface area contributed by atoms with Crippen LogP contribution in [-0.4, -0.2) is 86.7 Å². The van der Waals surface area contributed by atoms with Gasteiger partial charge in [0.1, 0.15) is 11.5 Å². The third kappa shape index (κ3) is 15.6. The number of rotatable bonds is 12. The fourth-order valence-corrected chi connectivity index (χ4v) is 4.56. The molecule has 0 aliphatic heterocycles. The Labute approximate surface area is 238 Å². The molecule has 2 aromatic rings. The molecule has 37 heavy (non-hydrogen) atoms. The van der Waals surface area contributed by atoms with Crippen LogP contribution in [-0.2, 0) is 25.6 Å². The summed E-state index contributed by atoms with van der Waals surface area (Å²) in [5.41, 5.74) is 1.14. The van der Waals surface area contributed by atoms with Crippen molar-refractivity contribution in [2.45, 2.75) is 24.9 Å². The number of phenols is 2. The standard InChI is InChI=1S/2C11H16ClNO4Si.Co/c2*1-17-18(15,16)6-2-5-13-8-9-3-4-10(12)7-11(9)14;/h2*3-4,7-8,14-16H,2,5-6H2,1H3;. The van der Waals surface area contributed by atoms with Gasteiger partial charge in [-0.15, -0.1) is 0 Å². The quantitative estimate of drug-likeness (QED) is 0.117. The normalized spacial score (nSPS) is 11.9. The van der Waals surface area contributed by atoms with Crippen LogP contribution in [0, 0.1) is 0 Å². The summed E-state index contributed by atoms with van der Waals surface area (Å²) in [5.74, 6) is 0.132. The molecule has 1 radical (unpaired) electrons. The summed E-state index contributed by atoms with van der Waals surface area (Å²) in [5, 5.41) is 20.0. The van der Waals surface area contributed by atoms with Gasteiger partial charge in [-0.25, -0.2) is 0 Å². The van der Waals surface area contributed by atoms with Gasteiger partial charge >= 0.3 is 17.6 Å². The first-order chi connectivity index (χ1) is 16.9. The average molecular weight is 639 g/mol. The van der Waals surface area contributed by atoms with Gasteiger partial charge in [-0.1, -0.05) is 23.2 Å². The van der Waals surface area contributed by atoms with E-state index in [0.717, 1.165) is 0 Å². The van der Waals surface area contributed by atoms with Crippen molar-refractivity contribution in [3.63, 3.8) is 0 Å². The monoisotopic (exact) mass is 637 g/mol. The average Bonchev–Trinajstić information content (AvgIpc) is 2.81. The summed E-state index contributed by atoms with van der Waals surface area (Å²) in [6, 6.07) is 9.92.